The van der Waals surface area contributed by atoms with Crippen LogP contribution in [0.5, 0.6) is 0 Å². The summed E-state index contributed by atoms with van der Waals surface area (Å²) in [5.41, 5.74) is 1.21. The van der Waals surface area contributed by atoms with Crippen molar-refractivity contribution in [1.82, 2.24) is 15.3 Å². The lowest BCUT2D eigenvalue weighted by Gasteiger charge is -2.38. The van der Waals surface area contributed by atoms with Gasteiger partial charge in [0.05, 0.1) is 5.56 Å². The Balaban J connectivity index is 1.90. The van der Waals surface area contributed by atoms with Crippen molar-refractivity contribution in [3.05, 3.63) is 29.8 Å². The molecule has 0 spiro atoms. The van der Waals surface area contributed by atoms with E-state index in [9.17, 15) is 14.4 Å². The highest BCUT2D eigenvalue weighted by molar-refractivity contribution is 5.92. The van der Waals surface area contributed by atoms with Gasteiger partial charge in [0.1, 0.15) is 28.6 Å². The Hall–Kier alpha value is -2.75. The average Bonchev–Trinajstić information content (AvgIpc) is 2.58. The van der Waals surface area contributed by atoms with Crippen molar-refractivity contribution in [1.29, 1.82) is 5.26 Å². The quantitative estimate of drug-likeness (QED) is 0.878. The number of nitriles is 1. The molecule has 0 aliphatic carbocycles. The second kappa shape index (κ2) is 7.70. The van der Waals surface area contributed by atoms with Gasteiger partial charge in [-0.2, -0.15) is 5.26 Å². The molecule has 28 heavy (non-hydrogen) atoms. The van der Waals surface area contributed by atoms with Crippen molar-refractivity contribution in [3.63, 3.8) is 0 Å². The Morgan fingerprint density at radius 1 is 1.32 bits per heavy atom. The standard InChI is InChI=1S/C21H26FN5O/c1-13-7-15(26-17(28)9-21(2,3)4)12-27(11-13)20-16(22)8-14(10-23)18-19(20)25-6-5-24-18/h5-6,8,13,15H,7,9,11-12H2,1-4H3,(H,26,28). The fourth-order valence-electron chi connectivity index (χ4n) is 3.87. The van der Waals surface area contributed by atoms with E-state index in [1.54, 1.807) is 0 Å². The highest BCUT2D eigenvalue weighted by atomic mass is 19.1. The predicted molar refractivity (Wildman–Crippen MR) is 106 cm³/mol. The van der Waals surface area contributed by atoms with E-state index >= 15 is 0 Å². The van der Waals surface area contributed by atoms with Crippen LogP contribution in [0.25, 0.3) is 11.0 Å². The maximum absolute atomic E-state index is 14.9. The number of rotatable bonds is 3. The van der Waals surface area contributed by atoms with E-state index in [2.05, 4.69) is 22.2 Å². The summed E-state index contributed by atoms with van der Waals surface area (Å²) >= 11 is 0. The fourth-order valence-corrected chi connectivity index (χ4v) is 3.87. The van der Waals surface area contributed by atoms with Gasteiger partial charge in [-0.15, -0.1) is 0 Å². The number of anilines is 1. The van der Waals surface area contributed by atoms with Crippen LogP contribution in [0.3, 0.4) is 0 Å². The molecule has 1 aromatic heterocycles. The smallest absolute Gasteiger partial charge is 0.220 e. The van der Waals surface area contributed by atoms with Crippen LogP contribution in [0.15, 0.2) is 18.5 Å². The van der Waals surface area contributed by atoms with Crippen molar-refractivity contribution in [2.24, 2.45) is 11.3 Å². The number of fused-ring (bicyclic) bond motifs is 1. The third-order valence-corrected chi connectivity index (χ3v) is 4.83. The van der Waals surface area contributed by atoms with Gasteiger partial charge in [0.15, 0.2) is 0 Å². The molecule has 148 valence electrons. The number of carbonyl (C=O) groups excluding carboxylic acids is 1. The first-order valence-electron chi connectivity index (χ1n) is 9.55. The van der Waals surface area contributed by atoms with Gasteiger partial charge in [-0.05, 0) is 23.8 Å². The zero-order valence-corrected chi connectivity index (χ0v) is 16.8. The normalized spacial score (nSPS) is 20.1. The van der Waals surface area contributed by atoms with Crippen LogP contribution in [0, 0.1) is 28.5 Å². The minimum absolute atomic E-state index is 0.0106. The SMILES string of the molecule is CC1CC(NC(=O)CC(C)(C)C)CN(c2c(F)cc(C#N)c3nccnc23)C1. The molecule has 1 N–H and O–H groups in total. The first kappa shape index (κ1) is 20.0. The molecule has 0 radical (unpaired) electrons. The number of amides is 1. The monoisotopic (exact) mass is 383 g/mol. The number of hydrogen-bond acceptors (Lipinski definition) is 5. The number of aromatic nitrogens is 2. The third kappa shape index (κ3) is 4.38. The summed E-state index contributed by atoms with van der Waals surface area (Å²) in [5.74, 6) is -0.203. The number of nitrogens with zero attached hydrogens (tertiary/aromatic N) is 4. The fraction of sp³-hybridized carbons (Fsp3) is 0.524. The number of piperidine rings is 1. The van der Waals surface area contributed by atoms with E-state index in [0.717, 1.165) is 6.42 Å². The van der Waals surface area contributed by atoms with Gasteiger partial charge in [0, 0.05) is 37.9 Å². The van der Waals surface area contributed by atoms with Crippen LogP contribution in [0.4, 0.5) is 10.1 Å². The Bertz CT molecular complexity index is 931. The lowest BCUT2D eigenvalue weighted by molar-refractivity contribution is -0.123. The highest BCUT2D eigenvalue weighted by Crippen LogP contribution is 2.33. The molecule has 2 heterocycles. The van der Waals surface area contributed by atoms with Gasteiger partial charge in [-0.25, -0.2) is 4.39 Å². The van der Waals surface area contributed by atoms with Crippen LogP contribution in [0.1, 0.15) is 46.1 Å². The molecule has 2 aromatic rings. The molecule has 1 aliphatic rings. The van der Waals surface area contributed by atoms with E-state index in [1.165, 1.54) is 18.5 Å². The second-order valence-electron chi connectivity index (χ2n) is 8.87. The van der Waals surface area contributed by atoms with Crippen LogP contribution in [0.2, 0.25) is 0 Å². The summed E-state index contributed by atoms with van der Waals surface area (Å²) in [7, 11) is 0. The van der Waals surface area contributed by atoms with Crippen LogP contribution in [-0.2, 0) is 4.79 Å². The molecule has 1 aromatic carbocycles. The maximum atomic E-state index is 14.9. The molecule has 7 heteroatoms. The molecule has 1 amide bonds. The number of nitrogens with one attached hydrogen (secondary N) is 1. The lowest BCUT2D eigenvalue weighted by Crippen LogP contribution is -2.51. The van der Waals surface area contributed by atoms with Crippen molar-refractivity contribution in [2.45, 2.75) is 46.6 Å². The summed E-state index contributed by atoms with van der Waals surface area (Å²) in [6, 6.07) is 3.14. The summed E-state index contributed by atoms with van der Waals surface area (Å²) in [6.07, 6.45) is 4.28. The lowest BCUT2D eigenvalue weighted by atomic mass is 9.91. The molecular formula is C21H26FN5O. The first-order valence-corrected chi connectivity index (χ1v) is 9.55. The van der Waals surface area contributed by atoms with Gasteiger partial charge in [-0.1, -0.05) is 27.7 Å². The van der Waals surface area contributed by atoms with E-state index in [0.29, 0.717) is 36.2 Å². The van der Waals surface area contributed by atoms with Gasteiger partial charge >= 0.3 is 0 Å². The van der Waals surface area contributed by atoms with Crippen molar-refractivity contribution in [2.75, 3.05) is 18.0 Å². The molecule has 1 saturated heterocycles. The molecule has 1 aliphatic heterocycles. The highest BCUT2D eigenvalue weighted by Gasteiger charge is 2.30. The molecule has 6 nitrogen and oxygen atoms in total. The van der Waals surface area contributed by atoms with Gasteiger partial charge < -0.3 is 10.2 Å². The summed E-state index contributed by atoms with van der Waals surface area (Å²) in [6.45, 7) is 9.32. The van der Waals surface area contributed by atoms with E-state index in [4.69, 9.17) is 0 Å². The zero-order chi connectivity index (χ0) is 20.5. The molecule has 0 bridgehead atoms. The van der Waals surface area contributed by atoms with Crippen molar-refractivity contribution in [3.8, 4) is 6.07 Å². The van der Waals surface area contributed by atoms with Crippen molar-refractivity contribution >= 4 is 22.6 Å². The van der Waals surface area contributed by atoms with Gasteiger partial charge in [0.2, 0.25) is 5.91 Å². The molecule has 0 saturated carbocycles. The van der Waals surface area contributed by atoms with Gasteiger partial charge in [0.25, 0.3) is 0 Å². The number of hydrogen-bond donors (Lipinski definition) is 1. The molecule has 1 fully saturated rings. The summed E-state index contributed by atoms with van der Waals surface area (Å²) in [5, 5.41) is 12.4. The third-order valence-electron chi connectivity index (χ3n) is 4.83. The minimum atomic E-state index is -0.488. The van der Waals surface area contributed by atoms with Crippen LogP contribution in [-0.4, -0.2) is 35.0 Å². The Labute approximate surface area is 164 Å². The zero-order valence-electron chi connectivity index (χ0n) is 16.8. The number of benzene rings is 1. The average molecular weight is 383 g/mol. The van der Waals surface area contributed by atoms with Crippen LogP contribution >= 0.6 is 0 Å². The predicted octanol–water partition coefficient (Wildman–Crippen LogP) is 3.41. The maximum Gasteiger partial charge on any atom is 0.220 e. The first-order chi connectivity index (χ1) is 13.2. The Kier molecular flexibility index (Phi) is 5.50. The van der Waals surface area contributed by atoms with E-state index < -0.39 is 5.82 Å². The number of carbonyl (C=O) groups is 1. The molecule has 2 unspecified atom stereocenters. The van der Waals surface area contributed by atoms with E-state index in [-0.39, 0.29) is 28.8 Å². The number of halogens is 1. The van der Waals surface area contributed by atoms with Gasteiger partial charge in [-0.3, -0.25) is 14.8 Å². The topological polar surface area (TPSA) is 81.9 Å². The summed E-state index contributed by atoms with van der Waals surface area (Å²) in [4.78, 5) is 22.8. The Morgan fingerprint density at radius 3 is 2.64 bits per heavy atom. The molecule has 2 atom stereocenters. The molecular weight excluding hydrogens is 357 g/mol. The van der Waals surface area contributed by atoms with Crippen molar-refractivity contribution < 1.29 is 9.18 Å². The largest absolute Gasteiger partial charge is 0.365 e. The molecule has 3 rings (SSSR count). The Morgan fingerprint density at radius 2 is 2.00 bits per heavy atom. The van der Waals surface area contributed by atoms with E-state index in [1.807, 2.05) is 31.7 Å². The van der Waals surface area contributed by atoms with Crippen LogP contribution < -0.4 is 10.2 Å². The minimum Gasteiger partial charge on any atom is -0.365 e. The second-order valence-corrected chi connectivity index (χ2v) is 8.87. The summed E-state index contributed by atoms with van der Waals surface area (Å²) < 4.78 is 14.9.